The number of amides is 1. The van der Waals surface area contributed by atoms with Gasteiger partial charge in [0.05, 0.1) is 0 Å². The van der Waals surface area contributed by atoms with E-state index >= 15 is 0 Å². The molecule has 1 amide bonds. The lowest BCUT2D eigenvalue weighted by molar-refractivity contribution is -0.116. The van der Waals surface area contributed by atoms with Gasteiger partial charge in [0.15, 0.2) is 0 Å². The van der Waals surface area contributed by atoms with Crippen molar-refractivity contribution in [3.8, 4) is 0 Å². The molecule has 0 saturated carbocycles. The van der Waals surface area contributed by atoms with Crippen molar-refractivity contribution in [2.75, 3.05) is 28.6 Å². The fraction of sp³-hybridized carbons (Fsp3) is 0.381. The molecule has 0 aliphatic carbocycles. The van der Waals surface area contributed by atoms with E-state index in [4.69, 9.17) is 0 Å². The average Bonchev–Trinajstić information content (AvgIpc) is 2.69. The number of anilines is 3. The Bertz CT molecular complexity index is 709. The second kappa shape index (κ2) is 8.70. The summed E-state index contributed by atoms with van der Waals surface area (Å²) in [6.45, 7) is 4.19. The van der Waals surface area contributed by atoms with Gasteiger partial charge >= 0.3 is 0 Å². The third kappa shape index (κ3) is 4.75. The van der Waals surface area contributed by atoms with Crippen molar-refractivity contribution in [1.29, 1.82) is 0 Å². The van der Waals surface area contributed by atoms with E-state index in [1.54, 1.807) is 12.1 Å². The first-order chi connectivity index (χ1) is 12.7. The van der Waals surface area contributed by atoms with Gasteiger partial charge in [0.25, 0.3) is 0 Å². The molecule has 1 aliphatic heterocycles. The van der Waals surface area contributed by atoms with E-state index in [1.165, 1.54) is 37.1 Å². The molecular formula is C21H26FN3O. The van der Waals surface area contributed by atoms with Gasteiger partial charge in [0.1, 0.15) is 11.9 Å². The number of nitrogens with zero attached hydrogens (tertiary/aromatic N) is 1. The molecule has 1 atom stereocenters. The highest BCUT2D eigenvalue weighted by Crippen LogP contribution is 2.22. The van der Waals surface area contributed by atoms with Gasteiger partial charge in [-0.3, -0.25) is 4.79 Å². The van der Waals surface area contributed by atoms with Crippen LogP contribution in [0.25, 0.3) is 0 Å². The summed E-state index contributed by atoms with van der Waals surface area (Å²) in [6.07, 6.45) is 4.47. The highest BCUT2D eigenvalue weighted by molar-refractivity contribution is 5.96. The van der Waals surface area contributed by atoms with E-state index < -0.39 is 0 Å². The average molecular weight is 355 g/mol. The van der Waals surface area contributed by atoms with E-state index in [9.17, 15) is 9.18 Å². The molecule has 1 fully saturated rings. The van der Waals surface area contributed by atoms with Crippen LogP contribution in [-0.4, -0.2) is 25.0 Å². The summed E-state index contributed by atoms with van der Waals surface area (Å²) < 4.78 is 13.0. The Kier molecular flexibility index (Phi) is 6.10. The predicted molar refractivity (Wildman–Crippen MR) is 105 cm³/mol. The normalized spacial score (nSPS) is 15.4. The summed E-state index contributed by atoms with van der Waals surface area (Å²) in [5.74, 6) is -0.443. The zero-order chi connectivity index (χ0) is 18.4. The zero-order valence-electron chi connectivity index (χ0n) is 15.2. The molecule has 5 heteroatoms. The Labute approximate surface area is 154 Å². The van der Waals surface area contributed by atoms with Crippen molar-refractivity contribution in [3.05, 3.63) is 54.3 Å². The number of hydrogen-bond donors (Lipinski definition) is 2. The molecule has 1 aliphatic rings. The third-order valence-electron chi connectivity index (χ3n) is 4.77. The standard InChI is InChI=1S/C21H26FN3O/c1-2-20(21(26)24-18-8-6-16(22)7-9-18)23-17-10-12-19(13-11-17)25-14-4-3-5-15-25/h6-13,20,23H,2-5,14-15H2,1H3,(H,24,26)/t20-/m0/s1. The summed E-state index contributed by atoms with van der Waals surface area (Å²) in [4.78, 5) is 14.9. The van der Waals surface area contributed by atoms with Crippen LogP contribution in [0.1, 0.15) is 32.6 Å². The SMILES string of the molecule is CC[C@H](Nc1ccc(N2CCCCC2)cc1)C(=O)Nc1ccc(F)cc1. The van der Waals surface area contributed by atoms with Gasteiger partial charge in [0.2, 0.25) is 5.91 Å². The maximum absolute atomic E-state index is 13.0. The van der Waals surface area contributed by atoms with Gasteiger partial charge in [0, 0.05) is 30.2 Å². The second-order valence-corrected chi connectivity index (χ2v) is 6.70. The van der Waals surface area contributed by atoms with Crippen LogP contribution < -0.4 is 15.5 Å². The second-order valence-electron chi connectivity index (χ2n) is 6.70. The topological polar surface area (TPSA) is 44.4 Å². The lowest BCUT2D eigenvalue weighted by atomic mass is 10.1. The Hall–Kier alpha value is -2.56. The van der Waals surface area contributed by atoms with Crippen molar-refractivity contribution in [1.82, 2.24) is 0 Å². The molecule has 3 rings (SSSR count). The van der Waals surface area contributed by atoms with Gasteiger partial charge in [-0.25, -0.2) is 4.39 Å². The van der Waals surface area contributed by atoms with Crippen LogP contribution in [0.2, 0.25) is 0 Å². The molecule has 4 nitrogen and oxygen atoms in total. The van der Waals surface area contributed by atoms with Crippen molar-refractivity contribution >= 4 is 23.0 Å². The Balaban J connectivity index is 1.59. The van der Waals surface area contributed by atoms with Crippen LogP contribution in [0.3, 0.4) is 0 Å². The third-order valence-corrected chi connectivity index (χ3v) is 4.77. The van der Waals surface area contributed by atoms with Crippen LogP contribution >= 0.6 is 0 Å². The molecular weight excluding hydrogens is 329 g/mol. The van der Waals surface area contributed by atoms with E-state index in [0.29, 0.717) is 12.1 Å². The van der Waals surface area contributed by atoms with Gasteiger partial charge in [-0.05, 0) is 74.2 Å². The van der Waals surface area contributed by atoms with Gasteiger partial charge in [-0.1, -0.05) is 6.92 Å². The maximum Gasteiger partial charge on any atom is 0.246 e. The number of hydrogen-bond acceptors (Lipinski definition) is 3. The Morgan fingerprint density at radius 2 is 1.62 bits per heavy atom. The minimum absolute atomic E-state index is 0.126. The lowest BCUT2D eigenvalue weighted by Gasteiger charge is -2.29. The lowest BCUT2D eigenvalue weighted by Crippen LogP contribution is -2.34. The fourth-order valence-electron chi connectivity index (χ4n) is 3.24. The molecule has 1 saturated heterocycles. The summed E-state index contributed by atoms with van der Waals surface area (Å²) in [6, 6.07) is 13.7. The number of rotatable bonds is 6. The molecule has 0 bridgehead atoms. The first-order valence-electron chi connectivity index (χ1n) is 9.33. The summed E-state index contributed by atoms with van der Waals surface area (Å²) in [5.41, 5.74) is 2.75. The minimum Gasteiger partial charge on any atom is -0.374 e. The van der Waals surface area contributed by atoms with Crippen LogP contribution in [0, 0.1) is 5.82 Å². The molecule has 26 heavy (non-hydrogen) atoms. The van der Waals surface area contributed by atoms with E-state index in [0.717, 1.165) is 18.8 Å². The molecule has 2 aromatic rings. The molecule has 0 unspecified atom stereocenters. The van der Waals surface area contributed by atoms with Crippen molar-refractivity contribution in [3.63, 3.8) is 0 Å². The smallest absolute Gasteiger partial charge is 0.246 e. The Morgan fingerprint density at radius 1 is 1.00 bits per heavy atom. The van der Waals surface area contributed by atoms with Crippen molar-refractivity contribution < 1.29 is 9.18 Å². The van der Waals surface area contributed by atoms with Crippen LogP contribution in [0.15, 0.2) is 48.5 Å². The minimum atomic E-state index is -0.346. The molecule has 2 aromatic carbocycles. The highest BCUT2D eigenvalue weighted by atomic mass is 19.1. The highest BCUT2D eigenvalue weighted by Gasteiger charge is 2.17. The zero-order valence-corrected chi connectivity index (χ0v) is 15.2. The number of piperidine rings is 1. The number of carbonyl (C=O) groups is 1. The van der Waals surface area contributed by atoms with E-state index in [1.807, 2.05) is 19.1 Å². The van der Waals surface area contributed by atoms with Crippen molar-refractivity contribution in [2.24, 2.45) is 0 Å². The molecule has 2 N–H and O–H groups in total. The quantitative estimate of drug-likeness (QED) is 0.793. The van der Waals surface area contributed by atoms with Crippen LogP contribution in [0.4, 0.5) is 21.5 Å². The fourth-order valence-corrected chi connectivity index (χ4v) is 3.24. The first-order valence-corrected chi connectivity index (χ1v) is 9.33. The van der Waals surface area contributed by atoms with Gasteiger partial charge in [-0.15, -0.1) is 0 Å². The number of benzene rings is 2. The van der Waals surface area contributed by atoms with Crippen molar-refractivity contribution in [2.45, 2.75) is 38.6 Å². The monoisotopic (exact) mass is 355 g/mol. The van der Waals surface area contributed by atoms with Crippen LogP contribution in [0.5, 0.6) is 0 Å². The van der Waals surface area contributed by atoms with E-state index in [-0.39, 0.29) is 17.8 Å². The summed E-state index contributed by atoms with van der Waals surface area (Å²) >= 11 is 0. The number of halogens is 1. The number of nitrogens with one attached hydrogen (secondary N) is 2. The first kappa shape index (κ1) is 18.2. The summed E-state index contributed by atoms with van der Waals surface area (Å²) in [5, 5.41) is 6.11. The summed E-state index contributed by atoms with van der Waals surface area (Å²) in [7, 11) is 0. The Morgan fingerprint density at radius 3 is 2.23 bits per heavy atom. The number of carbonyl (C=O) groups excluding carboxylic acids is 1. The maximum atomic E-state index is 13.0. The van der Waals surface area contributed by atoms with Gasteiger partial charge in [-0.2, -0.15) is 0 Å². The molecule has 0 spiro atoms. The molecule has 1 heterocycles. The van der Waals surface area contributed by atoms with Gasteiger partial charge < -0.3 is 15.5 Å². The largest absolute Gasteiger partial charge is 0.374 e. The molecule has 0 aromatic heterocycles. The van der Waals surface area contributed by atoms with Crippen LogP contribution in [-0.2, 0) is 4.79 Å². The molecule has 0 radical (unpaired) electrons. The van der Waals surface area contributed by atoms with E-state index in [2.05, 4.69) is 27.7 Å². The molecule has 138 valence electrons. The predicted octanol–water partition coefficient (Wildman–Crippen LogP) is 4.65.